The van der Waals surface area contributed by atoms with Gasteiger partial charge < -0.3 is 5.73 Å². The van der Waals surface area contributed by atoms with Gasteiger partial charge in [-0.3, -0.25) is 4.79 Å². The van der Waals surface area contributed by atoms with E-state index in [1.54, 1.807) is 0 Å². The van der Waals surface area contributed by atoms with Gasteiger partial charge in [0, 0.05) is 11.2 Å². The van der Waals surface area contributed by atoms with E-state index in [1.165, 1.54) is 19.3 Å². The summed E-state index contributed by atoms with van der Waals surface area (Å²) in [5, 5.41) is 0. The fourth-order valence-electron chi connectivity index (χ4n) is 2.53. The Labute approximate surface area is 77.3 Å². The third kappa shape index (κ3) is 1.19. The Morgan fingerprint density at radius 1 is 1.67 bits per heavy atom. The van der Waals surface area contributed by atoms with E-state index in [1.807, 2.05) is 11.8 Å². The summed E-state index contributed by atoms with van der Waals surface area (Å²) in [5.41, 5.74) is 5.71. The molecule has 0 aromatic rings. The molecule has 68 valence electrons. The number of nitrogens with two attached hydrogens (primary N) is 1. The number of rotatable bonds is 1. The summed E-state index contributed by atoms with van der Waals surface area (Å²) in [6.07, 6.45) is 4.50. The van der Waals surface area contributed by atoms with Crippen LogP contribution in [0.1, 0.15) is 25.7 Å². The van der Waals surface area contributed by atoms with E-state index in [2.05, 4.69) is 0 Å². The van der Waals surface area contributed by atoms with Crippen LogP contribution >= 0.6 is 11.8 Å². The third-order valence-corrected chi connectivity index (χ3v) is 4.92. The molecule has 12 heavy (non-hydrogen) atoms. The van der Waals surface area contributed by atoms with E-state index in [0.717, 1.165) is 18.7 Å². The third-order valence-electron chi connectivity index (χ3n) is 3.20. The average Bonchev–Trinajstić information content (AvgIpc) is 2.60. The van der Waals surface area contributed by atoms with Crippen molar-refractivity contribution in [3.63, 3.8) is 0 Å². The molecule has 1 spiro atoms. The first kappa shape index (κ1) is 8.57. The fraction of sp³-hybridized carbons (Fsp3) is 0.889. The van der Waals surface area contributed by atoms with Crippen LogP contribution < -0.4 is 5.73 Å². The Balaban J connectivity index is 2.14. The Kier molecular flexibility index (Phi) is 2.17. The van der Waals surface area contributed by atoms with E-state index in [-0.39, 0.29) is 4.75 Å². The Bertz CT molecular complexity index is 207. The largest absolute Gasteiger partial charge is 0.330 e. The normalized spacial score (nSPS) is 41.4. The summed E-state index contributed by atoms with van der Waals surface area (Å²) in [5.74, 6) is 1.77. The maximum absolute atomic E-state index is 11.2. The Hall–Kier alpha value is -0.0200. The van der Waals surface area contributed by atoms with Gasteiger partial charge in [0.2, 0.25) is 0 Å². The smallest absolute Gasteiger partial charge is 0.144 e. The first-order valence-corrected chi connectivity index (χ1v) is 5.61. The second-order valence-electron chi connectivity index (χ2n) is 3.89. The lowest BCUT2D eigenvalue weighted by molar-refractivity contribution is -0.116. The maximum Gasteiger partial charge on any atom is 0.144 e. The molecule has 2 nitrogen and oxygen atoms in total. The molecule has 1 saturated carbocycles. The van der Waals surface area contributed by atoms with Crippen molar-refractivity contribution in [1.29, 1.82) is 0 Å². The second-order valence-corrected chi connectivity index (χ2v) is 5.28. The molecule has 2 rings (SSSR count). The SMILES string of the molecule is NCC1CCCC12CC(=O)CS2. The van der Waals surface area contributed by atoms with Crippen molar-refractivity contribution in [2.24, 2.45) is 11.7 Å². The topological polar surface area (TPSA) is 43.1 Å². The lowest BCUT2D eigenvalue weighted by Crippen LogP contribution is -2.32. The van der Waals surface area contributed by atoms with Gasteiger partial charge in [-0.05, 0) is 25.3 Å². The minimum atomic E-state index is 0.270. The van der Waals surface area contributed by atoms with Crippen molar-refractivity contribution in [3.05, 3.63) is 0 Å². The first-order chi connectivity index (χ1) is 5.77. The highest BCUT2D eigenvalue weighted by atomic mass is 32.2. The van der Waals surface area contributed by atoms with Crippen LogP contribution in [0.5, 0.6) is 0 Å². The Morgan fingerprint density at radius 2 is 2.50 bits per heavy atom. The number of hydrogen-bond donors (Lipinski definition) is 1. The van der Waals surface area contributed by atoms with Gasteiger partial charge in [0.05, 0.1) is 5.75 Å². The molecule has 3 heteroatoms. The predicted molar refractivity (Wildman–Crippen MR) is 51.2 cm³/mol. The number of Topliss-reactive ketones (excluding diaryl/α,β-unsaturated/α-hetero) is 1. The summed E-state index contributed by atoms with van der Waals surface area (Å²) < 4.78 is 0.270. The van der Waals surface area contributed by atoms with Crippen molar-refractivity contribution in [2.75, 3.05) is 12.3 Å². The molecule has 2 fully saturated rings. The van der Waals surface area contributed by atoms with Crippen LogP contribution in [0.3, 0.4) is 0 Å². The van der Waals surface area contributed by atoms with Gasteiger partial charge in [-0.1, -0.05) is 6.42 Å². The summed E-state index contributed by atoms with van der Waals surface area (Å²) in [6.45, 7) is 0.764. The van der Waals surface area contributed by atoms with Crippen LogP contribution in [-0.4, -0.2) is 22.8 Å². The average molecular weight is 185 g/mol. The number of carbonyl (C=O) groups excluding carboxylic acids is 1. The van der Waals surface area contributed by atoms with E-state index in [9.17, 15) is 4.79 Å². The van der Waals surface area contributed by atoms with Crippen LogP contribution in [0.15, 0.2) is 0 Å². The van der Waals surface area contributed by atoms with E-state index in [0.29, 0.717) is 11.7 Å². The second kappa shape index (κ2) is 3.04. The minimum Gasteiger partial charge on any atom is -0.330 e. The highest BCUT2D eigenvalue weighted by molar-refractivity contribution is 8.01. The lowest BCUT2D eigenvalue weighted by Gasteiger charge is -2.28. The highest BCUT2D eigenvalue weighted by Crippen LogP contribution is 2.51. The maximum atomic E-state index is 11.2. The molecule has 1 saturated heterocycles. The van der Waals surface area contributed by atoms with Gasteiger partial charge in [-0.15, -0.1) is 11.8 Å². The standard InChI is InChI=1S/C9H15NOS/c10-5-7-2-1-3-9(7)4-8(11)6-12-9/h7H,1-6,10H2. The number of ketones is 1. The zero-order valence-electron chi connectivity index (χ0n) is 7.21. The molecule has 2 atom stereocenters. The van der Waals surface area contributed by atoms with Gasteiger partial charge in [0.15, 0.2) is 0 Å². The molecule has 2 unspecified atom stereocenters. The van der Waals surface area contributed by atoms with Crippen molar-refractivity contribution >= 4 is 17.5 Å². The summed E-state index contributed by atoms with van der Waals surface area (Å²) >= 11 is 1.86. The van der Waals surface area contributed by atoms with Crippen molar-refractivity contribution in [1.82, 2.24) is 0 Å². The Morgan fingerprint density at radius 3 is 3.08 bits per heavy atom. The van der Waals surface area contributed by atoms with Crippen LogP contribution in [-0.2, 0) is 4.79 Å². The molecular weight excluding hydrogens is 170 g/mol. The van der Waals surface area contributed by atoms with Crippen LogP contribution in [0.4, 0.5) is 0 Å². The number of carbonyl (C=O) groups is 1. The first-order valence-electron chi connectivity index (χ1n) is 4.62. The summed E-state index contributed by atoms with van der Waals surface area (Å²) in [7, 11) is 0. The molecule has 1 aliphatic carbocycles. The van der Waals surface area contributed by atoms with Crippen molar-refractivity contribution in [2.45, 2.75) is 30.4 Å². The molecule has 0 radical (unpaired) electrons. The van der Waals surface area contributed by atoms with Gasteiger partial charge in [-0.25, -0.2) is 0 Å². The quantitative estimate of drug-likeness (QED) is 0.667. The van der Waals surface area contributed by atoms with Crippen molar-refractivity contribution < 1.29 is 4.79 Å². The molecule has 0 bridgehead atoms. The summed E-state index contributed by atoms with van der Waals surface area (Å²) in [4.78, 5) is 11.2. The number of thioether (sulfide) groups is 1. The van der Waals surface area contributed by atoms with Gasteiger partial charge in [-0.2, -0.15) is 0 Å². The van der Waals surface area contributed by atoms with Crippen LogP contribution in [0, 0.1) is 5.92 Å². The zero-order valence-corrected chi connectivity index (χ0v) is 8.03. The molecule has 0 aromatic heterocycles. The molecule has 0 aromatic carbocycles. The minimum absolute atomic E-state index is 0.270. The van der Waals surface area contributed by atoms with Crippen LogP contribution in [0.25, 0.3) is 0 Å². The fourth-order valence-corrected chi connectivity index (χ4v) is 4.08. The molecule has 2 aliphatic rings. The van der Waals surface area contributed by atoms with E-state index >= 15 is 0 Å². The number of hydrogen-bond acceptors (Lipinski definition) is 3. The van der Waals surface area contributed by atoms with Crippen LogP contribution in [0.2, 0.25) is 0 Å². The molecular formula is C9H15NOS. The highest BCUT2D eigenvalue weighted by Gasteiger charge is 2.47. The van der Waals surface area contributed by atoms with Gasteiger partial charge in [0.25, 0.3) is 0 Å². The molecule has 2 N–H and O–H groups in total. The predicted octanol–water partition coefficient (Wildman–Crippen LogP) is 1.19. The van der Waals surface area contributed by atoms with Gasteiger partial charge in [0.1, 0.15) is 5.78 Å². The van der Waals surface area contributed by atoms with E-state index in [4.69, 9.17) is 5.73 Å². The van der Waals surface area contributed by atoms with Crippen molar-refractivity contribution in [3.8, 4) is 0 Å². The zero-order chi connectivity index (χ0) is 8.60. The monoisotopic (exact) mass is 185 g/mol. The van der Waals surface area contributed by atoms with Gasteiger partial charge >= 0.3 is 0 Å². The lowest BCUT2D eigenvalue weighted by atomic mass is 9.91. The molecule has 0 amide bonds. The van der Waals surface area contributed by atoms with E-state index < -0.39 is 0 Å². The molecule has 1 heterocycles. The molecule has 1 aliphatic heterocycles. The summed E-state index contributed by atoms with van der Waals surface area (Å²) in [6, 6.07) is 0.